The third-order valence-corrected chi connectivity index (χ3v) is 3.59. The molecule has 0 radical (unpaired) electrons. The van der Waals surface area contributed by atoms with Crippen molar-refractivity contribution < 1.29 is 0 Å². The number of hydrogen-bond donors (Lipinski definition) is 1. The Balaban J connectivity index is 2.19. The predicted octanol–water partition coefficient (Wildman–Crippen LogP) is 2.43. The molecule has 0 atom stereocenters. The van der Waals surface area contributed by atoms with Gasteiger partial charge in [-0.1, -0.05) is 24.3 Å². The van der Waals surface area contributed by atoms with Crippen molar-refractivity contribution in [2.75, 3.05) is 13.1 Å². The van der Waals surface area contributed by atoms with E-state index in [1.807, 2.05) is 0 Å². The van der Waals surface area contributed by atoms with Crippen LogP contribution in [0.4, 0.5) is 0 Å². The Morgan fingerprint density at radius 2 is 2.00 bits per heavy atom. The van der Waals surface area contributed by atoms with Crippen LogP contribution in [0, 0.1) is 23.7 Å². The largest absolute Gasteiger partial charge is 0.317 e. The molecule has 1 fully saturated rings. The van der Waals surface area contributed by atoms with Gasteiger partial charge in [0.25, 0.3) is 0 Å². The summed E-state index contributed by atoms with van der Waals surface area (Å²) in [5.41, 5.74) is 2.48. The van der Waals surface area contributed by atoms with Crippen molar-refractivity contribution in [3.63, 3.8) is 0 Å². The summed E-state index contributed by atoms with van der Waals surface area (Å²) in [6.07, 6.45) is 2.84. The summed E-state index contributed by atoms with van der Waals surface area (Å²) in [4.78, 5) is 0. The van der Waals surface area contributed by atoms with E-state index in [0.29, 0.717) is 0 Å². The number of hydrogen-bond acceptors (Lipinski definition) is 2. The molecule has 2 heteroatoms. The Kier molecular flexibility index (Phi) is 3.26. The van der Waals surface area contributed by atoms with Gasteiger partial charge >= 0.3 is 0 Å². The summed E-state index contributed by atoms with van der Waals surface area (Å²) in [5, 5.41) is 12.7. The Morgan fingerprint density at radius 3 is 2.62 bits per heavy atom. The third kappa shape index (κ3) is 2.25. The molecule has 0 bridgehead atoms. The fourth-order valence-electron chi connectivity index (χ4n) is 2.41. The van der Waals surface area contributed by atoms with E-state index in [0.717, 1.165) is 32.4 Å². The smallest absolute Gasteiger partial charge is 0.0694 e. The molecule has 1 heterocycles. The van der Waals surface area contributed by atoms with Gasteiger partial charge in [0, 0.05) is 0 Å². The van der Waals surface area contributed by atoms with Crippen molar-refractivity contribution in [1.29, 1.82) is 5.26 Å². The van der Waals surface area contributed by atoms with Gasteiger partial charge in [0.2, 0.25) is 0 Å². The molecule has 1 aromatic carbocycles. The quantitative estimate of drug-likeness (QED) is 0.820. The zero-order valence-electron chi connectivity index (χ0n) is 9.79. The number of rotatable bonds is 2. The Labute approximate surface area is 97.3 Å². The summed E-state index contributed by atoms with van der Waals surface area (Å²) in [6, 6.07) is 10.9. The van der Waals surface area contributed by atoms with E-state index in [1.165, 1.54) is 11.1 Å². The zero-order valence-corrected chi connectivity index (χ0v) is 9.79. The minimum Gasteiger partial charge on any atom is -0.317 e. The van der Waals surface area contributed by atoms with Gasteiger partial charge in [-0.3, -0.25) is 0 Å². The summed E-state index contributed by atoms with van der Waals surface area (Å²) in [7, 11) is 0. The third-order valence-electron chi connectivity index (χ3n) is 3.59. The molecule has 1 saturated heterocycles. The molecule has 1 aliphatic rings. The maximum atomic E-state index is 9.42. The highest BCUT2D eigenvalue weighted by Gasteiger charge is 2.32. The van der Waals surface area contributed by atoms with E-state index >= 15 is 0 Å². The van der Waals surface area contributed by atoms with Gasteiger partial charge in [0.15, 0.2) is 0 Å². The van der Waals surface area contributed by atoms with E-state index in [9.17, 15) is 5.26 Å². The molecule has 0 amide bonds. The average Bonchev–Trinajstić information content (AvgIpc) is 2.33. The Bertz CT molecular complexity index is 397. The van der Waals surface area contributed by atoms with Gasteiger partial charge < -0.3 is 5.32 Å². The minimum absolute atomic E-state index is 0.142. The summed E-state index contributed by atoms with van der Waals surface area (Å²) < 4.78 is 0. The Hall–Kier alpha value is -1.33. The summed E-state index contributed by atoms with van der Waals surface area (Å²) in [5.74, 6) is 0. The molecular weight excluding hydrogens is 196 g/mol. The second kappa shape index (κ2) is 4.67. The first kappa shape index (κ1) is 11.2. The molecule has 0 aromatic heterocycles. The standard InChI is InChI=1S/C14H18N2/c1-12-4-2-3-5-13(12)10-14(11-15)6-8-16-9-7-14/h2-5,16H,6-10H2,1H3. The molecule has 1 N–H and O–H groups in total. The van der Waals surface area contributed by atoms with Crippen LogP contribution < -0.4 is 5.32 Å². The monoisotopic (exact) mass is 214 g/mol. The van der Waals surface area contributed by atoms with Crippen LogP contribution in [-0.4, -0.2) is 13.1 Å². The number of benzene rings is 1. The van der Waals surface area contributed by atoms with Gasteiger partial charge in [-0.05, 0) is 50.4 Å². The van der Waals surface area contributed by atoms with Crippen LogP contribution in [0.15, 0.2) is 24.3 Å². The normalized spacial score (nSPS) is 19.0. The predicted molar refractivity (Wildman–Crippen MR) is 65.0 cm³/mol. The molecule has 2 nitrogen and oxygen atoms in total. The molecule has 2 rings (SSSR count). The highest BCUT2D eigenvalue weighted by Crippen LogP contribution is 2.32. The highest BCUT2D eigenvalue weighted by atomic mass is 14.9. The van der Waals surface area contributed by atoms with Crippen LogP contribution >= 0.6 is 0 Å². The number of nitrogens with one attached hydrogen (secondary N) is 1. The second-order valence-electron chi connectivity index (χ2n) is 4.75. The highest BCUT2D eigenvalue weighted by molar-refractivity contribution is 5.28. The topological polar surface area (TPSA) is 35.8 Å². The molecule has 0 spiro atoms. The van der Waals surface area contributed by atoms with E-state index in [2.05, 4.69) is 42.6 Å². The molecule has 1 aliphatic heterocycles. The zero-order chi connectivity index (χ0) is 11.4. The van der Waals surface area contributed by atoms with Crippen molar-refractivity contribution in [3.05, 3.63) is 35.4 Å². The van der Waals surface area contributed by atoms with E-state index < -0.39 is 0 Å². The lowest BCUT2D eigenvalue weighted by atomic mass is 9.75. The van der Waals surface area contributed by atoms with Gasteiger partial charge in [-0.15, -0.1) is 0 Å². The maximum absolute atomic E-state index is 9.42. The first-order valence-electron chi connectivity index (χ1n) is 5.92. The lowest BCUT2D eigenvalue weighted by Gasteiger charge is -2.31. The SMILES string of the molecule is Cc1ccccc1CC1(C#N)CCNCC1. The molecule has 0 aliphatic carbocycles. The molecule has 1 aromatic rings. The number of nitriles is 1. The van der Waals surface area contributed by atoms with E-state index in [-0.39, 0.29) is 5.41 Å². The van der Waals surface area contributed by atoms with Gasteiger partial charge in [0.1, 0.15) is 0 Å². The van der Waals surface area contributed by atoms with Crippen LogP contribution in [0.3, 0.4) is 0 Å². The van der Waals surface area contributed by atoms with Gasteiger partial charge in [-0.25, -0.2) is 0 Å². The number of aryl methyl sites for hydroxylation is 1. The Morgan fingerprint density at radius 1 is 1.31 bits per heavy atom. The first-order valence-corrected chi connectivity index (χ1v) is 5.92. The van der Waals surface area contributed by atoms with Crippen LogP contribution in [0.25, 0.3) is 0 Å². The molecule has 16 heavy (non-hydrogen) atoms. The summed E-state index contributed by atoms with van der Waals surface area (Å²) in [6.45, 7) is 4.07. The van der Waals surface area contributed by atoms with Crippen molar-refractivity contribution >= 4 is 0 Å². The maximum Gasteiger partial charge on any atom is 0.0694 e. The van der Waals surface area contributed by atoms with Crippen LogP contribution in [0.5, 0.6) is 0 Å². The second-order valence-corrected chi connectivity index (χ2v) is 4.75. The lowest BCUT2D eigenvalue weighted by Crippen LogP contribution is -2.37. The van der Waals surface area contributed by atoms with E-state index in [1.54, 1.807) is 0 Å². The first-order chi connectivity index (χ1) is 7.76. The average molecular weight is 214 g/mol. The van der Waals surface area contributed by atoms with Gasteiger partial charge in [-0.2, -0.15) is 5.26 Å². The molecule has 84 valence electrons. The fraction of sp³-hybridized carbons (Fsp3) is 0.500. The van der Waals surface area contributed by atoms with Crippen LogP contribution in [0.2, 0.25) is 0 Å². The van der Waals surface area contributed by atoms with Gasteiger partial charge in [0.05, 0.1) is 11.5 Å². The summed E-state index contributed by atoms with van der Waals surface area (Å²) >= 11 is 0. The van der Waals surface area contributed by atoms with Crippen molar-refractivity contribution in [1.82, 2.24) is 5.32 Å². The minimum atomic E-state index is -0.142. The lowest BCUT2D eigenvalue weighted by molar-refractivity contribution is 0.280. The number of nitrogens with zero attached hydrogens (tertiary/aromatic N) is 1. The van der Waals surface area contributed by atoms with Crippen molar-refractivity contribution in [2.45, 2.75) is 26.2 Å². The molecular formula is C14H18N2. The fourth-order valence-corrected chi connectivity index (χ4v) is 2.41. The molecule has 0 saturated carbocycles. The van der Waals surface area contributed by atoms with Crippen molar-refractivity contribution in [3.8, 4) is 6.07 Å². The van der Waals surface area contributed by atoms with E-state index in [4.69, 9.17) is 0 Å². The van der Waals surface area contributed by atoms with Crippen molar-refractivity contribution in [2.24, 2.45) is 5.41 Å². The number of piperidine rings is 1. The molecule has 0 unspecified atom stereocenters. The van der Waals surface area contributed by atoms with Crippen LogP contribution in [0.1, 0.15) is 24.0 Å². The van der Waals surface area contributed by atoms with Crippen LogP contribution in [-0.2, 0) is 6.42 Å².